The highest BCUT2D eigenvalue weighted by atomic mass is 16.0. The lowest BCUT2D eigenvalue weighted by Gasteiger charge is -2.49. The highest BCUT2D eigenvalue weighted by Gasteiger charge is 2.55. The molecule has 14 saturated carbocycles. The minimum atomic E-state index is 0. The molecule has 16 unspecified atom stereocenters. The van der Waals surface area contributed by atoms with Gasteiger partial charge in [0.05, 0.1) is 0 Å². The van der Waals surface area contributed by atoms with Crippen molar-refractivity contribution in [1.29, 1.82) is 0 Å². The van der Waals surface area contributed by atoms with Crippen molar-refractivity contribution in [2.75, 3.05) is 0 Å². The summed E-state index contributed by atoms with van der Waals surface area (Å²) in [5.41, 5.74) is 0. The highest BCUT2D eigenvalue weighted by molar-refractivity contribution is 5.04. The third-order valence-corrected chi connectivity index (χ3v) is 36.3. The first kappa shape index (κ1) is 108. The van der Waals surface area contributed by atoms with E-state index in [9.17, 15) is 0 Å². The van der Waals surface area contributed by atoms with E-state index in [-0.39, 0.29) is 28.8 Å². The van der Waals surface area contributed by atoms with Crippen LogP contribution in [0.4, 0.5) is 0 Å². The average Bonchev–Trinajstić information content (AvgIpc) is 1.59. The maximum atomic E-state index is 2.59. The number of fused-ring (bicyclic) bond motifs is 7. The molecule has 0 radical (unpaired) electrons. The molecule has 14 rings (SSSR count). The van der Waals surface area contributed by atoms with Gasteiger partial charge < -0.3 is 27.4 Å². The van der Waals surface area contributed by atoms with Crippen LogP contribution in [-0.2, 0) is 0 Å². The molecular weight excluding hydrogens is 1340 g/mol. The van der Waals surface area contributed by atoms with E-state index in [0.717, 1.165) is 166 Å². The first-order chi connectivity index (χ1) is 51.3. The summed E-state index contributed by atoms with van der Waals surface area (Å²) in [5, 5.41) is 0. The van der Waals surface area contributed by atoms with Crippen LogP contribution in [0.25, 0.3) is 0 Å². The molecule has 110 heavy (non-hydrogen) atoms. The summed E-state index contributed by atoms with van der Waals surface area (Å²) in [6.07, 6.45) is 84.0. The molecule has 14 fully saturated rings. The lowest BCUT2D eigenvalue weighted by Crippen LogP contribution is -2.38. The van der Waals surface area contributed by atoms with Gasteiger partial charge >= 0.3 is 0 Å². The monoisotopic (exact) mass is 1550 g/mol. The second kappa shape index (κ2) is 60.3. The topological polar surface area (TPSA) is 158 Å². The van der Waals surface area contributed by atoms with Crippen molar-refractivity contribution in [3.05, 3.63) is 0 Å². The van der Waals surface area contributed by atoms with Gasteiger partial charge in [0, 0.05) is 1.43 Å². The van der Waals surface area contributed by atoms with E-state index in [2.05, 4.69) is 96.9 Å². The molecule has 16 atom stereocenters. The number of hydrogen-bond acceptors (Lipinski definition) is 0. The van der Waals surface area contributed by atoms with Gasteiger partial charge in [-0.2, -0.15) is 0 Å². The maximum Gasteiger partial charge on any atom is 0 e. The van der Waals surface area contributed by atoms with Gasteiger partial charge in [0.2, 0.25) is 0 Å². The zero-order valence-electron chi connectivity index (χ0n) is 78.7. The standard InChI is InChI=1S/C24H44.C18H32.C17H32.C16H30.C14H24.C10H20.3C2H6.5H2O.H2/c1-5-19-7-9-21(10-8-19)22-11-13-23(14-12-22)24-16-15-20(6-2)17(3)18(24)4;1-3-13-5-7-15-12-18-10-14(4-2)6-8-16(18)11-17(15)9-13;1-3-14-5-9-16(10-6-14)13-17-11-7-15(4-2)8-12-17;1-3-13-5-9-15(10-6-13)16-11-7-14(4-2)8-12-16;1-3-9-5-12-11-7-10(4-2)13(8-11)14(12)6-9;1-3-9-5-7-10(4-2)8-6-9;3*1-2;;;;;;/h17-24H,5-16H2,1-4H3;13-18H,3-12H2,1-2H3;14-17H,3-13H2,1-2H3;13-16H,3-12H2,1-2H3;9-14H,3-8H2,1-2H3;9-10H,3-8H2,1-2H3;3*1-2H3;5*1H2;1H. The van der Waals surface area contributed by atoms with Crippen molar-refractivity contribution in [2.24, 2.45) is 178 Å². The smallest absolute Gasteiger partial charge is 0 e. The summed E-state index contributed by atoms with van der Waals surface area (Å²) in [6, 6.07) is 0. The van der Waals surface area contributed by atoms with Crippen LogP contribution in [0.1, 0.15) is 493 Å². The van der Waals surface area contributed by atoms with Crippen LogP contribution in [0.15, 0.2) is 0 Å². The van der Waals surface area contributed by atoms with E-state index in [1.807, 2.05) is 41.5 Å². The van der Waals surface area contributed by atoms with Crippen molar-refractivity contribution in [2.45, 2.75) is 492 Å². The molecule has 0 saturated heterocycles. The van der Waals surface area contributed by atoms with Crippen LogP contribution in [0.5, 0.6) is 0 Å². The van der Waals surface area contributed by atoms with E-state index in [1.54, 1.807) is 180 Å². The van der Waals surface area contributed by atoms with Crippen LogP contribution >= 0.6 is 0 Å². The van der Waals surface area contributed by atoms with Gasteiger partial charge in [0.25, 0.3) is 0 Å². The lowest BCUT2D eigenvalue weighted by atomic mass is 9.57. The summed E-state index contributed by atoms with van der Waals surface area (Å²) in [5.74, 6) is 32.8. The van der Waals surface area contributed by atoms with Crippen LogP contribution in [0.3, 0.4) is 0 Å². The largest absolute Gasteiger partial charge is 0.412 e. The van der Waals surface area contributed by atoms with E-state index in [4.69, 9.17) is 0 Å². The van der Waals surface area contributed by atoms with Gasteiger partial charge in [-0.15, -0.1) is 0 Å². The highest BCUT2D eigenvalue weighted by Crippen LogP contribution is 2.63. The molecule has 0 aliphatic heterocycles. The van der Waals surface area contributed by atoms with Crippen molar-refractivity contribution < 1.29 is 28.8 Å². The van der Waals surface area contributed by atoms with Gasteiger partial charge in [-0.3, -0.25) is 0 Å². The molecular formula is C105H212O5. The molecule has 2 bridgehead atoms. The minimum absolute atomic E-state index is 0. The Kier molecular flexibility index (Phi) is 59.1. The van der Waals surface area contributed by atoms with E-state index in [0.29, 0.717) is 0 Å². The summed E-state index contributed by atoms with van der Waals surface area (Å²) < 4.78 is 0. The summed E-state index contributed by atoms with van der Waals surface area (Å²) in [7, 11) is 0. The quantitative estimate of drug-likeness (QED) is 0.136. The van der Waals surface area contributed by atoms with Gasteiger partial charge in [0.15, 0.2) is 0 Å². The predicted molar refractivity (Wildman–Crippen MR) is 492 cm³/mol. The molecule has 14 aliphatic carbocycles. The lowest BCUT2D eigenvalue weighted by molar-refractivity contribution is 0.0195. The van der Waals surface area contributed by atoms with Gasteiger partial charge in [0.1, 0.15) is 0 Å². The molecule has 0 aromatic heterocycles. The molecule has 5 heteroatoms. The van der Waals surface area contributed by atoms with Gasteiger partial charge in [-0.1, -0.05) is 344 Å². The molecule has 0 spiro atoms. The fourth-order valence-corrected chi connectivity index (χ4v) is 28.2. The SMILES string of the molecule is CC.CC.CC.CCC1CC2C3CC(CC)C(C3)C2C1.CCC1CCC(C2CCC(C3CCC(CC)C(C)C3C)CC2)CC1.CCC1CCC(C2CCC(CC)CC2)CC1.CCC1CCC(CC)CC1.CCC1CCC(CC2CCC(CC)CC2)CC1.CCC1CCC2CC3CC(CC)CCC3CC2C1.O.O.O.O.O.[HH]. The normalized spacial score (nSPS) is 40.6. The molecule has 10 N–H and O–H groups in total. The van der Waals surface area contributed by atoms with Crippen LogP contribution < -0.4 is 0 Å². The summed E-state index contributed by atoms with van der Waals surface area (Å²) in [6.45, 7) is 45.7. The van der Waals surface area contributed by atoms with Crippen molar-refractivity contribution >= 4 is 0 Å². The third-order valence-electron chi connectivity index (χ3n) is 36.3. The van der Waals surface area contributed by atoms with Crippen LogP contribution in [-0.4, -0.2) is 27.4 Å². The van der Waals surface area contributed by atoms with Crippen molar-refractivity contribution in [3.63, 3.8) is 0 Å². The Morgan fingerprint density at radius 3 is 0.736 bits per heavy atom. The molecule has 0 aromatic rings. The summed E-state index contributed by atoms with van der Waals surface area (Å²) in [4.78, 5) is 0. The zero-order chi connectivity index (χ0) is 76.2. The second-order valence-electron chi connectivity index (χ2n) is 40.7. The van der Waals surface area contributed by atoms with E-state index in [1.165, 1.54) is 185 Å². The molecule has 5 nitrogen and oxygen atoms in total. The maximum absolute atomic E-state index is 2.59. The second-order valence-corrected chi connectivity index (χ2v) is 40.7. The van der Waals surface area contributed by atoms with Crippen LogP contribution in [0, 0.1) is 178 Å². The Labute approximate surface area is 694 Å². The zero-order valence-corrected chi connectivity index (χ0v) is 78.7. The third kappa shape index (κ3) is 33.1. The first-order valence-corrected chi connectivity index (χ1v) is 51.3. The molecule has 14 aliphatic rings. The predicted octanol–water partition coefficient (Wildman–Crippen LogP) is 31.5. The fraction of sp³-hybridized carbons (Fsp3) is 1.00. The molecule has 662 valence electrons. The van der Waals surface area contributed by atoms with Crippen LogP contribution in [0.2, 0.25) is 0 Å². The van der Waals surface area contributed by atoms with Gasteiger partial charge in [-0.05, 0) is 325 Å². The number of rotatable bonds is 17. The fourth-order valence-electron chi connectivity index (χ4n) is 28.2. The summed E-state index contributed by atoms with van der Waals surface area (Å²) >= 11 is 0. The minimum Gasteiger partial charge on any atom is -0.412 e. The Bertz CT molecular complexity index is 1980. The molecule has 0 amide bonds. The Morgan fingerprint density at radius 2 is 0.427 bits per heavy atom. The van der Waals surface area contributed by atoms with E-state index < -0.39 is 0 Å². The number of hydrogen-bond donors (Lipinski definition) is 0. The van der Waals surface area contributed by atoms with Gasteiger partial charge in [-0.25, -0.2) is 0 Å². The Balaban J connectivity index is 0.00000129. The average molecular weight is 1550 g/mol. The Hall–Kier alpha value is -0.200. The molecule has 0 aromatic carbocycles. The Morgan fingerprint density at radius 1 is 0.164 bits per heavy atom. The van der Waals surface area contributed by atoms with E-state index >= 15 is 0 Å². The first-order valence-electron chi connectivity index (χ1n) is 51.3. The molecule has 0 heterocycles. The van der Waals surface area contributed by atoms with Crippen molar-refractivity contribution in [3.8, 4) is 0 Å². The van der Waals surface area contributed by atoms with Crippen molar-refractivity contribution in [1.82, 2.24) is 0 Å².